The van der Waals surface area contributed by atoms with Crippen LogP contribution in [0.3, 0.4) is 0 Å². The fourth-order valence-electron chi connectivity index (χ4n) is 5.07. The summed E-state index contributed by atoms with van der Waals surface area (Å²) in [6, 6.07) is 3.06. The zero-order valence-electron chi connectivity index (χ0n) is 23.0. The van der Waals surface area contributed by atoms with Gasteiger partial charge in [-0.25, -0.2) is 36.8 Å². The molecule has 0 saturated carbocycles. The average Bonchev–Trinajstić information content (AvgIpc) is 2.96. The number of carbonyl (C=O) groups excluding carboxylic acids is 3. The number of rotatable bonds is 9. The number of carbonyl (C=O) groups is 3. The minimum Gasteiger partial charge on any atom is -0.466 e. The molecule has 0 bridgehead atoms. The number of piperidine rings is 1. The molecule has 2 aromatic rings. The van der Waals surface area contributed by atoms with Gasteiger partial charge in [-0.2, -0.15) is 0 Å². The molecule has 0 aliphatic carbocycles. The lowest BCUT2D eigenvalue weighted by molar-refractivity contribution is -0.137. The van der Waals surface area contributed by atoms with E-state index in [1.807, 2.05) is 4.90 Å². The molecule has 2 aromatic carbocycles. The van der Waals surface area contributed by atoms with Gasteiger partial charge in [-0.1, -0.05) is 6.07 Å². The molecular formula is C28H31F4N5O5. The zero-order chi connectivity index (χ0) is 30.4. The Bertz CT molecular complexity index is 1350. The van der Waals surface area contributed by atoms with E-state index in [2.05, 4.69) is 16.0 Å². The topological polar surface area (TPSA) is 112 Å². The lowest BCUT2D eigenvalue weighted by atomic mass is 9.93. The standard InChI is InChI=1S/C28H31F4N5O5/c1-41-15-23-24(26(38)42-2)25(16-3-4-21(31)22(32)11-16)37(28(40)35-23)27(39)34-8-7-33-19-5-9-36(10-6-19)20-13-17(29)12-18(30)14-20/h3-4,11-14,19,25,33H,5-10,15H2,1-2H3,(H,34,39)(H,35,40)/t25-/m0/s1. The summed E-state index contributed by atoms with van der Waals surface area (Å²) in [4.78, 5) is 41.7. The Balaban J connectivity index is 1.41. The fourth-order valence-corrected chi connectivity index (χ4v) is 5.07. The summed E-state index contributed by atoms with van der Waals surface area (Å²) in [7, 11) is 2.44. The maximum atomic E-state index is 14.2. The number of anilines is 1. The van der Waals surface area contributed by atoms with Crippen LogP contribution in [0.25, 0.3) is 0 Å². The van der Waals surface area contributed by atoms with Crippen LogP contribution in [0.4, 0.5) is 32.8 Å². The van der Waals surface area contributed by atoms with E-state index in [-0.39, 0.29) is 36.0 Å². The number of halogens is 4. The van der Waals surface area contributed by atoms with E-state index in [4.69, 9.17) is 9.47 Å². The van der Waals surface area contributed by atoms with Crippen LogP contribution in [0.2, 0.25) is 0 Å². The Labute approximate surface area is 239 Å². The van der Waals surface area contributed by atoms with Crippen molar-refractivity contribution >= 4 is 23.7 Å². The molecule has 226 valence electrons. The highest BCUT2D eigenvalue weighted by Gasteiger charge is 2.43. The summed E-state index contributed by atoms with van der Waals surface area (Å²) in [5.74, 6) is -4.55. The molecule has 0 radical (unpaired) electrons. The molecule has 14 heteroatoms. The van der Waals surface area contributed by atoms with Crippen molar-refractivity contribution in [3.05, 3.63) is 76.5 Å². The van der Waals surface area contributed by atoms with Crippen LogP contribution in [-0.4, -0.2) is 76.0 Å². The van der Waals surface area contributed by atoms with Crippen LogP contribution in [0.1, 0.15) is 24.4 Å². The summed E-state index contributed by atoms with van der Waals surface area (Å²) in [5, 5.41) is 8.37. The van der Waals surface area contributed by atoms with E-state index in [1.54, 1.807) is 0 Å². The Morgan fingerprint density at radius 3 is 2.29 bits per heavy atom. The molecule has 0 aromatic heterocycles. The molecule has 1 atom stereocenters. The first-order chi connectivity index (χ1) is 20.1. The van der Waals surface area contributed by atoms with Crippen LogP contribution >= 0.6 is 0 Å². The van der Waals surface area contributed by atoms with E-state index < -0.39 is 47.3 Å². The molecule has 0 spiro atoms. The van der Waals surface area contributed by atoms with Crippen LogP contribution in [0.15, 0.2) is 47.7 Å². The van der Waals surface area contributed by atoms with Gasteiger partial charge in [0.1, 0.15) is 17.7 Å². The van der Waals surface area contributed by atoms with Gasteiger partial charge in [0.2, 0.25) is 0 Å². The van der Waals surface area contributed by atoms with Crippen molar-refractivity contribution in [2.24, 2.45) is 0 Å². The molecule has 42 heavy (non-hydrogen) atoms. The number of imide groups is 1. The number of nitrogens with zero attached hydrogens (tertiary/aromatic N) is 2. The van der Waals surface area contributed by atoms with E-state index in [0.717, 1.165) is 25.3 Å². The molecule has 10 nitrogen and oxygen atoms in total. The lowest BCUT2D eigenvalue weighted by Crippen LogP contribution is -2.56. The lowest BCUT2D eigenvalue weighted by Gasteiger charge is -2.37. The molecule has 2 aliphatic rings. The van der Waals surface area contributed by atoms with Gasteiger partial charge in [-0.05, 0) is 42.7 Å². The highest BCUT2D eigenvalue weighted by Crippen LogP contribution is 2.35. The second-order valence-electron chi connectivity index (χ2n) is 9.77. The third-order valence-electron chi connectivity index (χ3n) is 7.05. The minimum atomic E-state index is -1.43. The highest BCUT2D eigenvalue weighted by atomic mass is 19.2. The molecule has 2 heterocycles. The Morgan fingerprint density at radius 1 is 0.976 bits per heavy atom. The summed E-state index contributed by atoms with van der Waals surface area (Å²) in [6.45, 7) is 1.34. The van der Waals surface area contributed by atoms with Gasteiger partial charge in [0.25, 0.3) is 0 Å². The molecule has 2 aliphatic heterocycles. The molecule has 1 fully saturated rings. The van der Waals surface area contributed by atoms with Crippen LogP contribution in [0.5, 0.6) is 0 Å². The zero-order valence-corrected chi connectivity index (χ0v) is 23.0. The van der Waals surface area contributed by atoms with E-state index in [0.29, 0.717) is 43.1 Å². The fraction of sp³-hybridized carbons (Fsp3) is 0.393. The van der Waals surface area contributed by atoms with Crippen molar-refractivity contribution in [2.45, 2.75) is 24.9 Å². The third-order valence-corrected chi connectivity index (χ3v) is 7.05. The van der Waals surface area contributed by atoms with Crippen LogP contribution < -0.4 is 20.9 Å². The number of methoxy groups -OCH3 is 2. The summed E-state index contributed by atoms with van der Waals surface area (Å²) in [6.07, 6.45) is 1.38. The van der Waals surface area contributed by atoms with E-state index >= 15 is 0 Å². The quantitative estimate of drug-likeness (QED) is 0.232. The minimum absolute atomic E-state index is 0.0159. The molecule has 1 saturated heterocycles. The predicted molar refractivity (Wildman–Crippen MR) is 143 cm³/mol. The van der Waals surface area contributed by atoms with Gasteiger partial charge < -0.3 is 30.3 Å². The normalized spacial score (nSPS) is 17.8. The second kappa shape index (κ2) is 13.7. The molecule has 4 rings (SSSR count). The number of esters is 1. The number of ether oxygens (including phenoxy) is 2. The molecular weight excluding hydrogens is 562 g/mol. The van der Waals surface area contributed by atoms with E-state index in [9.17, 15) is 31.9 Å². The number of hydrogen-bond donors (Lipinski definition) is 3. The number of hydrogen-bond acceptors (Lipinski definition) is 7. The Morgan fingerprint density at radius 2 is 1.67 bits per heavy atom. The van der Waals surface area contributed by atoms with Crippen LogP contribution in [-0.2, 0) is 14.3 Å². The van der Waals surface area contributed by atoms with Crippen molar-refractivity contribution in [3.63, 3.8) is 0 Å². The van der Waals surface area contributed by atoms with Gasteiger partial charge in [0.05, 0.1) is 25.0 Å². The number of nitrogens with one attached hydrogen (secondary N) is 3. The largest absolute Gasteiger partial charge is 0.466 e. The van der Waals surface area contributed by atoms with Crippen molar-refractivity contribution in [3.8, 4) is 0 Å². The number of urea groups is 2. The first-order valence-corrected chi connectivity index (χ1v) is 13.2. The maximum Gasteiger partial charge on any atom is 0.338 e. The van der Waals surface area contributed by atoms with Gasteiger partial charge in [0.15, 0.2) is 11.6 Å². The number of amides is 4. The Hall–Kier alpha value is -4.17. The van der Waals surface area contributed by atoms with Gasteiger partial charge in [-0.3, -0.25) is 0 Å². The highest BCUT2D eigenvalue weighted by molar-refractivity contribution is 6.01. The second-order valence-corrected chi connectivity index (χ2v) is 9.77. The molecule has 0 unspecified atom stereocenters. The van der Waals surface area contributed by atoms with Crippen LogP contribution in [0, 0.1) is 23.3 Å². The van der Waals surface area contributed by atoms with Gasteiger partial charge >= 0.3 is 18.0 Å². The Kier molecular flexibility index (Phi) is 10.0. The average molecular weight is 594 g/mol. The molecule has 4 amide bonds. The smallest absolute Gasteiger partial charge is 0.338 e. The summed E-state index contributed by atoms with van der Waals surface area (Å²) in [5.41, 5.74) is 0.281. The third kappa shape index (κ3) is 6.99. The summed E-state index contributed by atoms with van der Waals surface area (Å²) >= 11 is 0. The van der Waals surface area contributed by atoms with E-state index in [1.165, 1.54) is 25.3 Å². The van der Waals surface area contributed by atoms with Crippen molar-refractivity contribution < 1.29 is 41.4 Å². The first kappa shape index (κ1) is 30.8. The van der Waals surface area contributed by atoms with Gasteiger partial charge in [-0.15, -0.1) is 0 Å². The first-order valence-electron chi connectivity index (χ1n) is 13.2. The summed E-state index contributed by atoms with van der Waals surface area (Å²) < 4.78 is 65.0. The number of benzene rings is 2. The maximum absolute atomic E-state index is 14.2. The molecule has 3 N–H and O–H groups in total. The SMILES string of the molecule is COCC1=C(C(=O)OC)[C@H](c2ccc(F)c(F)c2)N(C(=O)NCCNC2CCN(c3cc(F)cc(F)c3)CC2)C(=O)N1. The van der Waals surface area contributed by atoms with Crippen molar-refractivity contribution in [1.82, 2.24) is 20.9 Å². The van der Waals surface area contributed by atoms with Crippen molar-refractivity contribution in [1.29, 1.82) is 0 Å². The monoisotopic (exact) mass is 593 g/mol. The predicted octanol–water partition coefficient (Wildman–Crippen LogP) is 3.35. The van der Waals surface area contributed by atoms with Gasteiger partial charge in [0, 0.05) is 51.1 Å². The van der Waals surface area contributed by atoms with Crippen molar-refractivity contribution in [2.75, 3.05) is 51.9 Å².